The predicted octanol–water partition coefficient (Wildman–Crippen LogP) is 2.55. The van der Waals surface area contributed by atoms with Crippen LogP contribution in [0.5, 0.6) is 0 Å². The summed E-state index contributed by atoms with van der Waals surface area (Å²) in [6.07, 6.45) is 8.89. The van der Waals surface area contributed by atoms with Gasteiger partial charge in [-0.3, -0.25) is 4.79 Å². The van der Waals surface area contributed by atoms with Crippen LogP contribution in [-0.2, 0) is 4.79 Å². The van der Waals surface area contributed by atoms with E-state index < -0.39 is 0 Å². The molecule has 12 heavy (non-hydrogen) atoms. The Kier molecular flexibility index (Phi) is 1.26. The van der Waals surface area contributed by atoms with Gasteiger partial charge in [-0.05, 0) is 43.4 Å². The van der Waals surface area contributed by atoms with Crippen molar-refractivity contribution in [2.75, 3.05) is 0 Å². The molecule has 0 heterocycles. The molecular weight excluding hydrogens is 148 g/mol. The minimum atomic E-state index is 0.513. The predicted molar refractivity (Wildman–Crippen MR) is 46.7 cm³/mol. The van der Waals surface area contributed by atoms with Crippen molar-refractivity contribution >= 4 is 5.78 Å². The first-order valence-corrected chi connectivity index (χ1v) is 5.36. The van der Waals surface area contributed by atoms with Crippen molar-refractivity contribution in [3.8, 4) is 0 Å². The normalized spacial score (nSPS) is 51.2. The highest BCUT2D eigenvalue weighted by atomic mass is 16.1. The summed E-state index contributed by atoms with van der Waals surface area (Å²) < 4.78 is 0. The molecule has 0 aliphatic heterocycles. The van der Waals surface area contributed by atoms with E-state index >= 15 is 0 Å². The van der Waals surface area contributed by atoms with Crippen molar-refractivity contribution in [1.29, 1.82) is 0 Å². The van der Waals surface area contributed by atoms with Crippen molar-refractivity contribution < 1.29 is 4.79 Å². The molecule has 1 spiro atoms. The Morgan fingerprint density at radius 1 is 1.17 bits per heavy atom. The summed E-state index contributed by atoms with van der Waals surface area (Å²) in [6.45, 7) is 0. The molecule has 1 heteroatoms. The molecule has 0 amide bonds. The molecule has 3 rings (SSSR count). The van der Waals surface area contributed by atoms with Crippen molar-refractivity contribution in [2.45, 2.75) is 44.9 Å². The van der Waals surface area contributed by atoms with Crippen LogP contribution in [0.15, 0.2) is 0 Å². The zero-order valence-corrected chi connectivity index (χ0v) is 7.51. The number of carbonyl (C=O) groups excluding carboxylic acids is 1. The smallest absolute Gasteiger partial charge is 0.136 e. The van der Waals surface area contributed by atoms with E-state index in [-0.39, 0.29) is 0 Å². The number of carbonyl (C=O) groups is 1. The van der Waals surface area contributed by atoms with Crippen molar-refractivity contribution in [3.63, 3.8) is 0 Å². The zero-order valence-electron chi connectivity index (χ0n) is 7.51. The Morgan fingerprint density at radius 2 is 2.08 bits per heavy atom. The molecule has 3 saturated carbocycles. The fraction of sp³-hybridized carbons (Fsp3) is 0.909. The van der Waals surface area contributed by atoms with Gasteiger partial charge in [0, 0.05) is 12.3 Å². The van der Waals surface area contributed by atoms with Crippen LogP contribution in [-0.4, -0.2) is 5.78 Å². The van der Waals surface area contributed by atoms with Gasteiger partial charge in [-0.25, -0.2) is 0 Å². The van der Waals surface area contributed by atoms with Gasteiger partial charge in [0.25, 0.3) is 0 Å². The Balaban J connectivity index is 1.95. The minimum absolute atomic E-state index is 0.513. The molecule has 3 fully saturated rings. The lowest BCUT2D eigenvalue weighted by molar-refractivity contribution is -0.143. The van der Waals surface area contributed by atoms with Crippen LogP contribution >= 0.6 is 0 Å². The second-order valence-corrected chi connectivity index (χ2v) is 4.92. The van der Waals surface area contributed by atoms with E-state index in [4.69, 9.17) is 0 Å². The second-order valence-electron chi connectivity index (χ2n) is 4.92. The number of hydrogen-bond acceptors (Lipinski definition) is 1. The number of ketones is 1. The highest BCUT2D eigenvalue weighted by molar-refractivity contribution is 5.84. The lowest BCUT2D eigenvalue weighted by atomic mass is 9.50. The van der Waals surface area contributed by atoms with Gasteiger partial charge in [0.15, 0.2) is 0 Å². The molecule has 0 aromatic rings. The standard InChI is InChI=1S/C11H16O/c12-10-4-3-8-2-1-6-11(8)7-5-9(10)11/h8-9H,1-7H2/t8-,9+,11-/m1/s1. The summed E-state index contributed by atoms with van der Waals surface area (Å²) in [4.78, 5) is 11.6. The number of rotatable bonds is 0. The van der Waals surface area contributed by atoms with E-state index in [0.717, 1.165) is 12.3 Å². The highest BCUT2D eigenvalue weighted by Gasteiger charge is 2.58. The zero-order chi connectivity index (χ0) is 8.18. The summed E-state index contributed by atoms with van der Waals surface area (Å²) in [5, 5.41) is 0. The van der Waals surface area contributed by atoms with Gasteiger partial charge in [-0.15, -0.1) is 0 Å². The average Bonchev–Trinajstić information content (AvgIpc) is 2.42. The Bertz CT molecular complexity index is 233. The number of Topliss-reactive ketones (excluding diaryl/α,β-unsaturated/α-hetero) is 1. The van der Waals surface area contributed by atoms with Crippen LogP contribution < -0.4 is 0 Å². The fourth-order valence-electron chi connectivity index (χ4n) is 4.02. The highest BCUT2D eigenvalue weighted by Crippen LogP contribution is 2.64. The molecule has 66 valence electrons. The minimum Gasteiger partial charge on any atom is -0.299 e. The lowest BCUT2D eigenvalue weighted by Gasteiger charge is -2.53. The van der Waals surface area contributed by atoms with E-state index in [0.29, 0.717) is 17.1 Å². The first-order valence-electron chi connectivity index (χ1n) is 5.36. The molecule has 0 saturated heterocycles. The fourth-order valence-corrected chi connectivity index (χ4v) is 4.02. The third-order valence-electron chi connectivity index (χ3n) is 4.73. The second kappa shape index (κ2) is 2.12. The monoisotopic (exact) mass is 164 g/mol. The van der Waals surface area contributed by atoms with Crippen molar-refractivity contribution in [2.24, 2.45) is 17.3 Å². The maximum absolute atomic E-state index is 11.6. The van der Waals surface area contributed by atoms with Crippen LogP contribution in [0.4, 0.5) is 0 Å². The maximum atomic E-state index is 11.6. The SMILES string of the molecule is O=C1CC[C@H]2CCC[C@@]23CC[C@@H]13. The Labute approximate surface area is 73.5 Å². The first kappa shape index (κ1) is 7.11. The van der Waals surface area contributed by atoms with Gasteiger partial charge >= 0.3 is 0 Å². The topological polar surface area (TPSA) is 17.1 Å². The van der Waals surface area contributed by atoms with Crippen LogP contribution in [0.3, 0.4) is 0 Å². The third-order valence-corrected chi connectivity index (χ3v) is 4.73. The van der Waals surface area contributed by atoms with E-state index in [9.17, 15) is 4.79 Å². The summed E-state index contributed by atoms with van der Waals surface area (Å²) in [7, 11) is 0. The quantitative estimate of drug-likeness (QED) is 0.537. The molecule has 0 aromatic carbocycles. The molecule has 0 bridgehead atoms. The number of hydrogen-bond donors (Lipinski definition) is 0. The lowest BCUT2D eigenvalue weighted by Crippen LogP contribution is -2.50. The molecule has 3 aliphatic rings. The van der Waals surface area contributed by atoms with Gasteiger partial charge in [0.05, 0.1) is 0 Å². The molecule has 3 atom stereocenters. The van der Waals surface area contributed by atoms with Crippen molar-refractivity contribution in [1.82, 2.24) is 0 Å². The molecule has 0 radical (unpaired) electrons. The third kappa shape index (κ3) is 0.641. The van der Waals surface area contributed by atoms with Gasteiger partial charge in [-0.1, -0.05) is 6.42 Å². The molecule has 1 nitrogen and oxygen atoms in total. The molecular formula is C11H16O. The van der Waals surface area contributed by atoms with Gasteiger partial charge in [-0.2, -0.15) is 0 Å². The van der Waals surface area contributed by atoms with Crippen LogP contribution in [0.1, 0.15) is 44.9 Å². The molecule has 0 aromatic heterocycles. The largest absolute Gasteiger partial charge is 0.299 e. The van der Waals surface area contributed by atoms with E-state index in [1.54, 1.807) is 0 Å². The van der Waals surface area contributed by atoms with Crippen LogP contribution in [0.2, 0.25) is 0 Å². The molecule has 0 N–H and O–H groups in total. The molecule has 0 unspecified atom stereocenters. The van der Waals surface area contributed by atoms with E-state index in [1.807, 2.05) is 0 Å². The van der Waals surface area contributed by atoms with Crippen LogP contribution in [0, 0.1) is 17.3 Å². The Morgan fingerprint density at radius 3 is 2.83 bits per heavy atom. The summed E-state index contributed by atoms with van der Waals surface area (Å²) in [5.74, 6) is 2.05. The first-order chi connectivity index (χ1) is 5.83. The summed E-state index contributed by atoms with van der Waals surface area (Å²) >= 11 is 0. The maximum Gasteiger partial charge on any atom is 0.136 e. The van der Waals surface area contributed by atoms with Crippen LogP contribution in [0.25, 0.3) is 0 Å². The molecule has 3 aliphatic carbocycles. The Hall–Kier alpha value is -0.330. The van der Waals surface area contributed by atoms with Gasteiger partial charge in [0.1, 0.15) is 5.78 Å². The van der Waals surface area contributed by atoms with Crippen molar-refractivity contribution in [3.05, 3.63) is 0 Å². The van der Waals surface area contributed by atoms with Gasteiger partial charge < -0.3 is 0 Å². The van der Waals surface area contributed by atoms with E-state index in [1.165, 1.54) is 38.5 Å². The average molecular weight is 164 g/mol. The van der Waals surface area contributed by atoms with E-state index in [2.05, 4.69) is 0 Å². The summed E-state index contributed by atoms with van der Waals surface area (Å²) in [6, 6.07) is 0. The summed E-state index contributed by atoms with van der Waals surface area (Å²) in [5.41, 5.74) is 0.551. The van der Waals surface area contributed by atoms with Gasteiger partial charge in [0.2, 0.25) is 0 Å².